The van der Waals surface area contributed by atoms with Crippen molar-refractivity contribution in [3.05, 3.63) is 88.5 Å². The molecule has 0 atom stereocenters. The van der Waals surface area contributed by atoms with Crippen molar-refractivity contribution in [2.24, 2.45) is 0 Å². The molecule has 2 aliphatic heterocycles. The second-order valence-corrected chi connectivity index (χ2v) is 9.55. The first-order valence-electron chi connectivity index (χ1n) is 12.3. The van der Waals surface area contributed by atoms with E-state index in [0.717, 1.165) is 24.1 Å². The van der Waals surface area contributed by atoms with E-state index in [-0.39, 0.29) is 17.9 Å². The van der Waals surface area contributed by atoms with Crippen molar-refractivity contribution in [1.82, 2.24) is 4.90 Å². The number of rotatable bonds is 5. The van der Waals surface area contributed by atoms with Gasteiger partial charge in [-0.1, -0.05) is 30.3 Å². The minimum atomic E-state index is -0.101. The van der Waals surface area contributed by atoms with Gasteiger partial charge in [0.2, 0.25) is 0 Å². The fraction of sp³-hybridized carbons (Fsp3) is 0.310. The summed E-state index contributed by atoms with van der Waals surface area (Å²) in [6, 6.07) is 19.3. The van der Waals surface area contributed by atoms with Gasteiger partial charge in [-0.2, -0.15) is 0 Å². The molecule has 6 nitrogen and oxygen atoms in total. The maximum atomic E-state index is 13.4. The highest BCUT2D eigenvalue weighted by molar-refractivity contribution is 6.11. The molecule has 2 amide bonds. The van der Waals surface area contributed by atoms with Gasteiger partial charge in [0.1, 0.15) is 0 Å². The Bertz CT molecular complexity index is 1290. The molecule has 3 aromatic rings. The summed E-state index contributed by atoms with van der Waals surface area (Å²) in [6.07, 6.45) is 4.63. The van der Waals surface area contributed by atoms with E-state index in [2.05, 4.69) is 12.1 Å². The third-order valence-electron chi connectivity index (χ3n) is 7.34. The van der Waals surface area contributed by atoms with Crippen LogP contribution in [-0.4, -0.2) is 29.9 Å². The number of benzene rings is 3. The van der Waals surface area contributed by atoms with E-state index >= 15 is 0 Å². The SMILES string of the molecule is COc1ccc(N2Cc3ccc(C(=O)N4Cc5ccccc5C4)cc3C2=O)cc1OC1CCCC1. The molecule has 0 N–H and O–H groups in total. The molecule has 3 aliphatic rings. The number of methoxy groups -OCH3 is 1. The molecular formula is C29H28N2O4. The second-order valence-electron chi connectivity index (χ2n) is 9.55. The van der Waals surface area contributed by atoms with Crippen molar-refractivity contribution in [3.63, 3.8) is 0 Å². The number of carbonyl (C=O) groups excluding carboxylic acids is 2. The van der Waals surface area contributed by atoms with Gasteiger partial charge in [-0.15, -0.1) is 0 Å². The van der Waals surface area contributed by atoms with Gasteiger partial charge in [-0.25, -0.2) is 0 Å². The van der Waals surface area contributed by atoms with Gasteiger partial charge < -0.3 is 19.3 Å². The van der Waals surface area contributed by atoms with E-state index < -0.39 is 0 Å². The van der Waals surface area contributed by atoms with Gasteiger partial charge in [0.25, 0.3) is 11.8 Å². The zero-order chi connectivity index (χ0) is 23.9. The van der Waals surface area contributed by atoms with Crippen LogP contribution in [0.3, 0.4) is 0 Å². The van der Waals surface area contributed by atoms with E-state index in [0.29, 0.717) is 42.3 Å². The summed E-state index contributed by atoms with van der Waals surface area (Å²) in [5.74, 6) is 1.19. The molecular weight excluding hydrogens is 440 g/mol. The highest BCUT2D eigenvalue weighted by Gasteiger charge is 2.32. The number of fused-ring (bicyclic) bond motifs is 2. The van der Waals surface area contributed by atoms with Crippen LogP contribution >= 0.6 is 0 Å². The lowest BCUT2D eigenvalue weighted by Crippen LogP contribution is -2.26. The second kappa shape index (κ2) is 8.77. The molecule has 0 aromatic heterocycles. The highest BCUT2D eigenvalue weighted by Crippen LogP contribution is 2.38. The lowest BCUT2D eigenvalue weighted by molar-refractivity contribution is 0.0751. The first-order chi connectivity index (χ1) is 17.1. The van der Waals surface area contributed by atoms with Gasteiger partial charge in [0, 0.05) is 36.0 Å². The van der Waals surface area contributed by atoms with E-state index in [1.54, 1.807) is 18.1 Å². The number of amides is 2. The van der Waals surface area contributed by atoms with E-state index in [1.807, 2.05) is 47.4 Å². The molecule has 0 radical (unpaired) electrons. The fourth-order valence-electron chi connectivity index (χ4n) is 5.41. The number of hydrogen-bond donors (Lipinski definition) is 0. The van der Waals surface area contributed by atoms with Crippen LogP contribution in [0.4, 0.5) is 5.69 Å². The van der Waals surface area contributed by atoms with Crippen molar-refractivity contribution in [2.45, 2.75) is 51.4 Å². The zero-order valence-corrected chi connectivity index (χ0v) is 19.8. The fourth-order valence-corrected chi connectivity index (χ4v) is 5.41. The predicted octanol–water partition coefficient (Wildman–Crippen LogP) is 5.33. The van der Waals surface area contributed by atoms with Gasteiger partial charge in [-0.3, -0.25) is 9.59 Å². The van der Waals surface area contributed by atoms with Crippen molar-refractivity contribution in [1.29, 1.82) is 0 Å². The Morgan fingerprint density at radius 2 is 1.60 bits per heavy atom. The van der Waals surface area contributed by atoms with Crippen LogP contribution in [-0.2, 0) is 19.6 Å². The molecule has 0 saturated heterocycles. The average molecular weight is 469 g/mol. The molecule has 3 aromatic carbocycles. The number of hydrogen-bond acceptors (Lipinski definition) is 4. The zero-order valence-electron chi connectivity index (χ0n) is 19.8. The highest BCUT2D eigenvalue weighted by atomic mass is 16.5. The number of anilines is 1. The molecule has 0 unspecified atom stereocenters. The summed E-state index contributed by atoms with van der Waals surface area (Å²) in [4.78, 5) is 30.2. The van der Waals surface area contributed by atoms with Crippen LogP contribution < -0.4 is 14.4 Å². The van der Waals surface area contributed by atoms with Crippen molar-refractivity contribution < 1.29 is 19.1 Å². The van der Waals surface area contributed by atoms with Crippen molar-refractivity contribution in [2.75, 3.05) is 12.0 Å². The lowest BCUT2D eigenvalue weighted by Gasteiger charge is -2.20. The van der Waals surface area contributed by atoms with Gasteiger partial charge in [0.05, 0.1) is 19.8 Å². The summed E-state index contributed by atoms with van der Waals surface area (Å²) >= 11 is 0. The Morgan fingerprint density at radius 3 is 2.31 bits per heavy atom. The summed E-state index contributed by atoms with van der Waals surface area (Å²) in [6.45, 7) is 1.66. The van der Waals surface area contributed by atoms with Crippen LogP contribution in [0.2, 0.25) is 0 Å². The van der Waals surface area contributed by atoms with Crippen LogP contribution in [0, 0.1) is 0 Å². The van der Waals surface area contributed by atoms with Crippen LogP contribution in [0.25, 0.3) is 0 Å². The predicted molar refractivity (Wildman–Crippen MR) is 133 cm³/mol. The first-order valence-corrected chi connectivity index (χ1v) is 12.3. The van der Waals surface area contributed by atoms with Crippen molar-refractivity contribution >= 4 is 17.5 Å². The minimum absolute atomic E-state index is 0.0491. The first kappa shape index (κ1) is 21.7. The Kier molecular flexibility index (Phi) is 5.44. The molecule has 0 bridgehead atoms. The monoisotopic (exact) mass is 468 g/mol. The Labute approximate surface area is 205 Å². The van der Waals surface area contributed by atoms with E-state index in [1.165, 1.54) is 24.0 Å². The van der Waals surface area contributed by atoms with E-state index in [9.17, 15) is 9.59 Å². The molecule has 6 heteroatoms. The Balaban J connectivity index is 1.23. The average Bonchev–Trinajstić information content (AvgIpc) is 3.62. The number of nitrogens with zero attached hydrogens (tertiary/aromatic N) is 2. The lowest BCUT2D eigenvalue weighted by atomic mass is 10.1. The maximum absolute atomic E-state index is 13.4. The van der Waals surface area contributed by atoms with Gasteiger partial charge >= 0.3 is 0 Å². The minimum Gasteiger partial charge on any atom is -0.493 e. The molecule has 1 aliphatic carbocycles. The van der Waals surface area contributed by atoms with Gasteiger partial charge in [-0.05, 0) is 66.6 Å². The number of ether oxygens (including phenoxy) is 2. The van der Waals surface area contributed by atoms with Gasteiger partial charge in [0.15, 0.2) is 11.5 Å². The Morgan fingerprint density at radius 1 is 0.857 bits per heavy atom. The van der Waals surface area contributed by atoms with Crippen molar-refractivity contribution in [3.8, 4) is 11.5 Å². The molecule has 6 rings (SSSR count). The summed E-state index contributed by atoms with van der Waals surface area (Å²) in [7, 11) is 1.63. The standard InChI is InChI=1S/C29H28N2O4/c1-34-26-13-12-23(15-27(26)35-24-8-4-5-9-24)31-18-22-11-10-19(14-25(22)29(31)33)28(32)30-16-20-6-2-3-7-21(20)17-30/h2-3,6-7,10-15,24H,4-5,8-9,16-18H2,1H3. The molecule has 35 heavy (non-hydrogen) atoms. The Hall–Kier alpha value is -3.80. The smallest absolute Gasteiger partial charge is 0.258 e. The van der Waals surface area contributed by atoms with Crippen LogP contribution in [0.5, 0.6) is 11.5 Å². The summed E-state index contributed by atoms with van der Waals surface area (Å²) in [5.41, 5.74) is 5.18. The molecule has 2 heterocycles. The molecule has 178 valence electrons. The number of carbonyl (C=O) groups is 2. The topological polar surface area (TPSA) is 59.1 Å². The van der Waals surface area contributed by atoms with Crippen LogP contribution in [0.1, 0.15) is 63.1 Å². The summed E-state index contributed by atoms with van der Waals surface area (Å²) in [5, 5.41) is 0. The third kappa shape index (κ3) is 3.93. The maximum Gasteiger partial charge on any atom is 0.258 e. The van der Waals surface area contributed by atoms with E-state index in [4.69, 9.17) is 9.47 Å². The normalized spacial score (nSPS) is 17.0. The quantitative estimate of drug-likeness (QED) is 0.508. The molecule has 1 saturated carbocycles. The summed E-state index contributed by atoms with van der Waals surface area (Å²) < 4.78 is 11.7. The third-order valence-corrected chi connectivity index (χ3v) is 7.34. The molecule has 0 spiro atoms. The molecule has 1 fully saturated rings. The largest absolute Gasteiger partial charge is 0.493 e. The van der Waals surface area contributed by atoms with Crippen LogP contribution in [0.15, 0.2) is 60.7 Å².